The van der Waals surface area contributed by atoms with Gasteiger partial charge in [-0.3, -0.25) is 0 Å². The van der Waals surface area contributed by atoms with Crippen LogP contribution in [0.2, 0.25) is 0 Å². The molecule has 0 amide bonds. The molecule has 0 fully saturated rings. The Morgan fingerprint density at radius 3 is 1.56 bits per heavy atom. The summed E-state index contributed by atoms with van der Waals surface area (Å²) in [6.45, 7) is 6.42. The molecule has 7 aromatic carbocycles. The molecule has 0 aromatic heterocycles. The Balaban J connectivity index is 0.000000121. The number of fused-ring (bicyclic) bond motifs is 4. The predicted molar refractivity (Wildman–Crippen MR) is 167 cm³/mol. The van der Waals surface area contributed by atoms with Gasteiger partial charge in [0.1, 0.15) is 0 Å². The molecule has 0 unspecified atom stereocenters. The van der Waals surface area contributed by atoms with Gasteiger partial charge in [0, 0.05) is 0 Å². The fraction of sp³-hybridized carbons (Fsp3) is 0.0789. The van der Waals surface area contributed by atoms with Crippen LogP contribution in [-0.4, -0.2) is 3.21 Å². The zero-order valence-electron chi connectivity index (χ0n) is 22.8. The molecular weight excluding hydrogens is 548 g/mol. The Labute approximate surface area is 246 Å². The summed E-state index contributed by atoms with van der Waals surface area (Å²) in [7, 11) is 0. The Hall–Kier alpha value is -3.67. The molecule has 188 valence electrons. The van der Waals surface area contributed by atoms with E-state index in [2.05, 4.69) is 160 Å². The molecule has 0 aliphatic carbocycles. The van der Waals surface area contributed by atoms with E-state index in [0.29, 0.717) is 0 Å². The van der Waals surface area contributed by atoms with Crippen LogP contribution in [0.4, 0.5) is 0 Å². The molecule has 0 bridgehead atoms. The molecule has 0 atom stereocenters. The van der Waals surface area contributed by atoms with Gasteiger partial charge in [-0.25, -0.2) is 0 Å². The summed E-state index contributed by atoms with van der Waals surface area (Å²) in [5.74, 6) is 0. The third-order valence-electron chi connectivity index (χ3n) is 7.04. The van der Waals surface area contributed by atoms with Crippen molar-refractivity contribution in [2.45, 2.75) is 20.8 Å². The fourth-order valence-electron chi connectivity index (χ4n) is 4.96. The van der Waals surface area contributed by atoms with Gasteiger partial charge < -0.3 is 0 Å². The third kappa shape index (κ3) is 6.50. The van der Waals surface area contributed by atoms with Gasteiger partial charge in [-0.05, 0) is 20.8 Å². The molecule has 1 heteroatoms. The molecule has 0 aliphatic heterocycles. The van der Waals surface area contributed by atoms with Gasteiger partial charge in [-0.2, -0.15) is 12.1 Å². The molecule has 7 aromatic rings. The maximum absolute atomic E-state index is 2.28. The van der Waals surface area contributed by atoms with Crippen LogP contribution in [0.1, 0.15) is 27.8 Å². The van der Waals surface area contributed by atoms with Crippen LogP contribution in [-0.2, 0) is 24.2 Å². The van der Waals surface area contributed by atoms with Crippen molar-refractivity contribution in [1.29, 1.82) is 0 Å². The van der Waals surface area contributed by atoms with Gasteiger partial charge in [-0.15, -0.1) is 68.7 Å². The second kappa shape index (κ2) is 12.5. The zero-order valence-corrected chi connectivity index (χ0v) is 25.2. The van der Waals surface area contributed by atoms with Crippen LogP contribution < -0.4 is 0 Å². The Morgan fingerprint density at radius 1 is 0.513 bits per heavy atom. The van der Waals surface area contributed by atoms with E-state index in [0.717, 1.165) is 0 Å². The zero-order chi connectivity index (χ0) is 27.2. The van der Waals surface area contributed by atoms with Crippen LogP contribution in [0.25, 0.3) is 32.3 Å². The summed E-state index contributed by atoms with van der Waals surface area (Å²) >= 11 is 1.46. The van der Waals surface area contributed by atoms with E-state index in [9.17, 15) is 0 Å². The van der Waals surface area contributed by atoms with Gasteiger partial charge >= 0.3 is 99.2 Å². The average molecular weight is 580 g/mol. The average Bonchev–Trinajstić information content (AvgIpc) is 3.59. The van der Waals surface area contributed by atoms with E-state index in [-0.39, 0.29) is 0 Å². The molecule has 0 spiro atoms. The summed E-state index contributed by atoms with van der Waals surface area (Å²) in [4.78, 5) is 0. The van der Waals surface area contributed by atoms with Crippen LogP contribution >= 0.6 is 0 Å². The third-order valence-corrected chi connectivity index (χ3v) is 8.46. The first-order valence-corrected chi connectivity index (χ1v) is 14.6. The first kappa shape index (κ1) is 26.9. The normalized spacial score (nSPS) is 10.6. The number of benzene rings is 5. The van der Waals surface area contributed by atoms with E-state index in [1.807, 2.05) is 0 Å². The van der Waals surface area contributed by atoms with Gasteiger partial charge in [-0.1, -0.05) is 47.0 Å². The van der Waals surface area contributed by atoms with Crippen LogP contribution in [0.15, 0.2) is 140 Å². The van der Waals surface area contributed by atoms with Gasteiger partial charge in [0.2, 0.25) is 0 Å². The fourth-order valence-corrected chi connectivity index (χ4v) is 5.78. The second-order valence-corrected chi connectivity index (χ2v) is 11.3. The van der Waals surface area contributed by atoms with Crippen LogP contribution in [0, 0.1) is 20.8 Å². The molecule has 0 nitrogen and oxygen atoms in total. The van der Waals surface area contributed by atoms with E-state index in [4.69, 9.17) is 0 Å². The number of hydrogen-bond acceptors (Lipinski definition) is 0. The monoisotopic (exact) mass is 578 g/mol. The first-order valence-electron chi connectivity index (χ1n) is 13.4. The van der Waals surface area contributed by atoms with Gasteiger partial charge in [0.15, 0.2) is 0 Å². The summed E-state index contributed by atoms with van der Waals surface area (Å²) in [5.41, 5.74) is 6.68. The molecule has 0 N–H and O–H groups in total. The topological polar surface area (TPSA) is 0 Å². The number of hydrogen-bond donors (Lipinski definition) is 0. The number of aryl methyl sites for hydroxylation is 3. The Kier molecular flexibility index (Phi) is 8.60. The Bertz CT molecular complexity index is 1730. The summed E-state index contributed by atoms with van der Waals surface area (Å²) in [5, 5.41) is 8.18. The van der Waals surface area contributed by atoms with Gasteiger partial charge in [0.05, 0.1) is 0 Å². The van der Waals surface area contributed by atoms with E-state index < -0.39 is 0 Å². The van der Waals surface area contributed by atoms with Crippen molar-refractivity contribution in [2.24, 2.45) is 0 Å². The maximum atomic E-state index is 2.28. The van der Waals surface area contributed by atoms with E-state index >= 15 is 0 Å². The van der Waals surface area contributed by atoms with E-state index in [1.165, 1.54) is 87.6 Å². The number of rotatable bonds is 2. The summed E-state index contributed by atoms with van der Waals surface area (Å²) < 4.78 is 1.42. The molecule has 0 radical (unpaired) electrons. The molecular formula is C38H32Zr. The van der Waals surface area contributed by atoms with Gasteiger partial charge in [0.25, 0.3) is 0 Å². The molecule has 0 heterocycles. The van der Waals surface area contributed by atoms with Crippen molar-refractivity contribution in [2.75, 3.05) is 0 Å². The van der Waals surface area contributed by atoms with Crippen molar-refractivity contribution < 1.29 is 24.2 Å². The molecule has 0 saturated carbocycles. The SMILES string of the molecule is Cc1ccc2c(c1)[cH-]c1cc(C)ccc12.Cc1cccc2[cH-]ccc12.[Zr+2]=[C](c1ccccc1)c1ccccc1. The standard InChI is InChI=1S/C15H13.C13H10.C10H9.Zr/c1-10-3-5-14-12(7-10)9-13-8-11(2)4-6-15(13)14;1-3-7-12(8-4-1)11-13-9-5-2-6-10-13;1-8-4-2-5-9-6-3-7-10(8)9;/h3-9H,1-2H3;1-10H;2-7H,1H3;/q-1;;-1;+2. The van der Waals surface area contributed by atoms with Crippen molar-refractivity contribution in [3.05, 3.63) is 167 Å². The molecule has 0 saturated heterocycles. The van der Waals surface area contributed by atoms with Crippen LogP contribution in [0.5, 0.6) is 0 Å². The quantitative estimate of drug-likeness (QED) is 0.179. The van der Waals surface area contributed by atoms with Crippen molar-refractivity contribution in [3.63, 3.8) is 0 Å². The van der Waals surface area contributed by atoms with Crippen molar-refractivity contribution >= 4 is 35.5 Å². The minimum absolute atomic E-state index is 1.33. The molecule has 7 rings (SSSR count). The van der Waals surface area contributed by atoms with Crippen molar-refractivity contribution in [3.8, 4) is 0 Å². The van der Waals surface area contributed by atoms with E-state index in [1.54, 1.807) is 0 Å². The summed E-state index contributed by atoms with van der Waals surface area (Å²) in [6.07, 6.45) is 0. The van der Waals surface area contributed by atoms with Crippen LogP contribution in [0.3, 0.4) is 0 Å². The molecule has 39 heavy (non-hydrogen) atoms. The second-order valence-electron chi connectivity index (χ2n) is 10.0. The van der Waals surface area contributed by atoms with Crippen molar-refractivity contribution in [1.82, 2.24) is 0 Å². The molecule has 0 aliphatic rings. The minimum atomic E-state index is 1.33. The summed E-state index contributed by atoms with van der Waals surface area (Å²) in [6, 6.07) is 49.5. The first-order chi connectivity index (χ1) is 19.0. The predicted octanol–water partition coefficient (Wildman–Crippen LogP) is 10.00. The Morgan fingerprint density at radius 2 is 1.05 bits per heavy atom.